The first-order valence-electron chi connectivity index (χ1n) is 6.04. The smallest absolute Gasteiger partial charge is 0.345 e. The van der Waals surface area contributed by atoms with E-state index in [0.717, 1.165) is 16.3 Å². The fourth-order valence-corrected chi connectivity index (χ4v) is 4.97. The molecule has 0 radical (unpaired) electrons. The zero-order chi connectivity index (χ0) is 15.6. The Bertz CT molecular complexity index is 735. The van der Waals surface area contributed by atoms with Crippen LogP contribution in [0.15, 0.2) is 22.5 Å². The summed E-state index contributed by atoms with van der Waals surface area (Å²) in [5.74, 6) is -1.17. The summed E-state index contributed by atoms with van der Waals surface area (Å²) < 4.78 is 27.0. The van der Waals surface area contributed by atoms with Gasteiger partial charge in [0.15, 0.2) is 0 Å². The molecule has 2 N–H and O–H groups in total. The summed E-state index contributed by atoms with van der Waals surface area (Å²) in [4.78, 5) is 15.5. The van der Waals surface area contributed by atoms with Crippen LogP contribution in [0.2, 0.25) is 0 Å². The van der Waals surface area contributed by atoms with E-state index < -0.39 is 16.0 Å². The van der Waals surface area contributed by atoms with Gasteiger partial charge in [0.2, 0.25) is 10.0 Å². The second-order valence-electron chi connectivity index (χ2n) is 4.46. The number of carboxylic acids is 1. The fourth-order valence-electron chi connectivity index (χ4n) is 1.72. The number of carbonyl (C=O) groups is 1. The standard InChI is InChI=1S/C12H14N2O4S3/c1-7(11-13-3-4-19-11)6-14-21(17,18)10-5-9(12(15)16)20-8(10)2/h3-5,7,14H,6H2,1-2H3,(H,15,16). The average Bonchev–Trinajstić information content (AvgIpc) is 3.05. The molecule has 0 bridgehead atoms. The van der Waals surface area contributed by atoms with E-state index in [1.165, 1.54) is 17.4 Å². The number of thiophene rings is 1. The quantitative estimate of drug-likeness (QED) is 0.836. The number of aromatic nitrogens is 1. The molecule has 0 saturated carbocycles. The van der Waals surface area contributed by atoms with Gasteiger partial charge in [-0.2, -0.15) is 0 Å². The van der Waals surface area contributed by atoms with Crippen LogP contribution in [0.25, 0.3) is 0 Å². The summed E-state index contributed by atoms with van der Waals surface area (Å²) in [5.41, 5.74) is 0. The lowest BCUT2D eigenvalue weighted by Crippen LogP contribution is -2.27. The highest BCUT2D eigenvalue weighted by Crippen LogP contribution is 2.26. The molecule has 0 fully saturated rings. The van der Waals surface area contributed by atoms with E-state index >= 15 is 0 Å². The van der Waals surface area contributed by atoms with E-state index in [9.17, 15) is 13.2 Å². The van der Waals surface area contributed by atoms with Gasteiger partial charge >= 0.3 is 5.97 Å². The molecule has 0 saturated heterocycles. The van der Waals surface area contributed by atoms with Crippen molar-refractivity contribution in [3.05, 3.63) is 32.4 Å². The Kier molecular flexibility index (Phi) is 4.77. The van der Waals surface area contributed by atoms with Crippen LogP contribution in [-0.2, 0) is 10.0 Å². The number of rotatable bonds is 6. The van der Waals surface area contributed by atoms with Crippen molar-refractivity contribution in [2.75, 3.05) is 6.54 Å². The van der Waals surface area contributed by atoms with Gasteiger partial charge in [-0.1, -0.05) is 6.92 Å². The van der Waals surface area contributed by atoms with Crippen molar-refractivity contribution in [3.8, 4) is 0 Å². The van der Waals surface area contributed by atoms with E-state index in [2.05, 4.69) is 9.71 Å². The Hall–Kier alpha value is -1.29. The lowest BCUT2D eigenvalue weighted by molar-refractivity contribution is 0.0702. The fraction of sp³-hybridized carbons (Fsp3) is 0.333. The van der Waals surface area contributed by atoms with Crippen molar-refractivity contribution in [1.29, 1.82) is 0 Å². The van der Waals surface area contributed by atoms with Gasteiger partial charge < -0.3 is 5.11 Å². The van der Waals surface area contributed by atoms with Crippen LogP contribution in [0.1, 0.15) is 32.4 Å². The summed E-state index contributed by atoms with van der Waals surface area (Å²) in [6, 6.07) is 1.19. The molecule has 6 nitrogen and oxygen atoms in total. The predicted octanol–water partition coefficient (Wildman–Crippen LogP) is 2.29. The molecule has 0 spiro atoms. The van der Waals surface area contributed by atoms with Gasteiger partial charge in [-0.05, 0) is 13.0 Å². The Balaban J connectivity index is 2.13. The largest absolute Gasteiger partial charge is 0.477 e. The molecule has 2 rings (SSSR count). The number of hydrogen-bond acceptors (Lipinski definition) is 6. The van der Waals surface area contributed by atoms with E-state index in [0.29, 0.717) is 4.88 Å². The first kappa shape index (κ1) is 16.1. The molecule has 21 heavy (non-hydrogen) atoms. The number of sulfonamides is 1. The summed E-state index contributed by atoms with van der Waals surface area (Å²) in [6.07, 6.45) is 1.67. The van der Waals surface area contributed by atoms with Crippen molar-refractivity contribution >= 4 is 38.7 Å². The first-order chi connectivity index (χ1) is 9.81. The normalized spacial score (nSPS) is 13.2. The molecule has 1 unspecified atom stereocenters. The molecule has 0 aliphatic heterocycles. The highest BCUT2D eigenvalue weighted by Gasteiger charge is 2.23. The molecule has 114 valence electrons. The van der Waals surface area contributed by atoms with Crippen molar-refractivity contribution in [2.45, 2.75) is 24.7 Å². The number of carboxylic acid groups (broad SMARTS) is 1. The second kappa shape index (κ2) is 6.22. The molecule has 2 aromatic rings. The van der Waals surface area contributed by atoms with Crippen LogP contribution in [0.5, 0.6) is 0 Å². The van der Waals surface area contributed by atoms with E-state index in [-0.39, 0.29) is 22.2 Å². The summed E-state index contributed by atoms with van der Waals surface area (Å²) in [5, 5.41) is 11.6. The maximum atomic E-state index is 12.2. The third-order valence-corrected chi connectivity index (χ3v) is 6.55. The Morgan fingerprint density at radius 2 is 2.24 bits per heavy atom. The minimum Gasteiger partial charge on any atom is -0.477 e. The lowest BCUT2D eigenvalue weighted by atomic mass is 10.2. The van der Waals surface area contributed by atoms with E-state index in [1.54, 1.807) is 13.1 Å². The molecular formula is C12H14N2O4S3. The predicted molar refractivity (Wildman–Crippen MR) is 81.7 cm³/mol. The van der Waals surface area contributed by atoms with Gasteiger partial charge in [0.1, 0.15) is 4.88 Å². The molecule has 0 aliphatic rings. The van der Waals surface area contributed by atoms with Crippen LogP contribution >= 0.6 is 22.7 Å². The number of hydrogen-bond donors (Lipinski definition) is 2. The number of nitrogens with one attached hydrogen (secondary N) is 1. The average molecular weight is 346 g/mol. The first-order valence-corrected chi connectivity index (χ1v) is 9.22. The minimum atomic E-state index is -3.72. The lowest BCUT2D eigenvalue weighted by Gasteiger charge is -2.10. The Labute approximate surface area is 130 Å². The van der Waals surface area contributed by atoms with Gasteiger partial charge in [0.05, 0.1) is 9.90 Å². The van der Waals surface area contributed by atoms with Gasteiger partial charge in [0.25, 0.3) is 0 Å². The summed E-state index contributed by atoms with van der Waals surface area (Å²) >= 11 is 2.42. The van der Waals surface area contributed by atoms with Crippen molar-refractivity contribution in [1.82, 2.24) is 9.71 Å². The SMILES string of the molecule is Cc1sc(C(=O)O)cc1S(=O)(=O)NCC(C)c1nccs1. The van der Waals surface area contributed by atoms with Crippen molar-refractivity contribution in [2.24, 2.45) is 0 Å². The number of thiazole rings is 1. The van der Waals surface area contributed by atoms with Crippen LogP contribution in [0, 0.1) is 6.92 Å². The highest BCUT2D eigenvalue weighted by molar-refractivity contribution is 7.89. The third kappa shape index (κ3) is 3.67. The zero-order valence-corrected chi connectivity index (χ0v) is 13.8. The molecule has 0 aromatic carbocycles. The van der Waals surface area contributed by atoms with Gasteiger partial charge in [-0.15, -0.1) is 22.7 Å². The van der Waals surface area contributed by atoms with E-state index in [4.69, 9.17) is 5.11 Å². The summed E-state index contributed by atoms with van der Waals surface area (Å²) in [6.45, 7) is 3.69. The molecule has 2 aromatic heterocycles. The van der Waals surface area contributed by atoms with Crippen LogP contribution in [0.4, 0.5) is 0 Å². The molecule has 9 heteroatoms. The molecule has 2 heterocycles. The maximum absolute atomic E-state index is 12.2. The molecular weight excluding hydrogens is 332 g/mol. The van der Waals surface area contributed by atoms with Crippen molar-refractivity contribution < 1.29 is 18.3 Å². The number of nitrogens with zero attached hydrogens (tertiary/aromatic N) is 1. The molecule has 0 amide bonds. The number of aromatic carboxylic acids is 1. The second-order valence-corrected chi connectivity index (χ2v) is 8.38. The number of aryl methyl sites for hydroxylation is 1. The van der Waals surface area contributed by atoms with E-state index in [1.807, 2.05) is 12.3 Å². The van der Waals surface area contributed by atoms with Gasteiger partial charge in [-0.3, -0.25) is 0 Å². The third-order valence-electron chi connectivity index (χ3n) is 2.83. The Morgan fingerprint density at radius 3 is 2.76 bits per heavy atom. The maximum Gasteiger partial charge on any atom is 0.345 e. The van der Waals surface area contributed by atoms with Crippen LogP contribution in [-0.4, -0.2) is 31.0 Å². The van der Waals surface area contributed by atoms with Crippen LogP contribution in [0.3, 0.4) is 0 Å². The molecule has 0 aliphatic carbocycles. The van der Waals surface area contributed by atoms with Crippen molar-refractivity contribution in [3.63, 3.8) is 0 Å². The Morgan fingerprint density at radius 1 is 1.52 bits per heavy atom. The summed E-state index contributed by atoms with van der Waals surface area (Å²) in [7, 11) is -3.72. The highest BCUT2D eigenvalue weighted by atomic mass is 32.2. The minimum absolute atomic E-state index is 0.0147. The van der Waals surface area contributed by atoms with Crippen LogP contribution < -0.4 is 4.72 Å². The van der Waals surface area contributed by atoms with Gasteiger partial charge in [-0.25, -0.2) is 22.9 Å². The van der Waals surface area contributed by atoms with Gasteiger partial charge in [0, 0.05) is 28.9 Å². The zero-order valence-electron chi connectivity index (χ0n) is 11.4. The molecule has 1 atom stereocenters. The monoisotopic (exact) mass is 346 g/mol. The topological polar surface area (TPSA) is 96.4 Å².